The van der Waals surface area contributed by atoms with Crippen molar-refractivity contribution in [2.24, 2.45) is 0 Å². The molecule has 2 fully saturated rings. The SMILES string of the molecule is CCCCCCOCC1CCCO1.CCCCCOCC1CCCO1. The van der Waals surface area contributed by atoms with Crippen LogP contribution in [0.1, 0.15) is 84.5 Å². The fourth-order valence-electron chi connectivity index (χ4n) is 3.07. The van der Waals surface area contributed by atoms with Gasteiger partial charge < -0.3 is 18.9 Å². The fourth-order valence-corrected chi connectivity index (χ4v) is 3.07. The Bertz CT molecular complexity index is 261. The topological polar surface area (TPSA) is 36.9 Å². The lowest BCUT2D eigenvalue weighted by atomic mass is 10.2. The Morgan fingerprint density at radius 2 is 1.16 bits per heavy atom. The van der Waals surface area contributed by atoms with Gasteiger partial charge in [0.25, 0.3) is 0 Å². The predicted molar refractivity (Wildman–Crippen MR) is 103 cm³/mol. The second kappa shape index (κ2) is 17.3. The Kier molecular flexibility index (Phi) is 15.8. The molecule has 0 aromatic heterocycles. The Hall–Kier alpha value is -0.160. The molecule has 0 N–H and O–H groups in total. The maximum absolute atomic E-state index is 5.54. The third-order valence-corrected chi connectivity index (χ3v) is 4.69. The number of hydrogen-bond donors (Lipinski definition) is 0. The van der Waals surface area contributed by atoms with E-state index in [1.54, 1.807) is 0 Å². The van der Waals surface area contributed by atoms with E-state index in [0.717, 1.165) is 39.6 Å². The molecule has 0 spiro atoms. The van der Waals surface area contributed by atoms with Crippen LogP contribution in [0.4, 0.5) is 0 Å². The van der Waals surface area contributed by atoms with Crippen molar-refractivity contribution in [1.82, 2.24) is 0 Å². The van der Waals surface area contributed by atoms with E-state index in [9.17, 15) is 0 Å². The summed E-state index contributed by atoms with van der Waals surface area (Å²) in [4.78, 5) is 0. The molecule has 0 aliphatic carbocycles. The molecule has 0 amide bonds. The quantitative estimate of drug-likeness (QED) is 0.427. The second-order valence-electron chi connectivity index (χ2n) is 7.19. The van der Waals surface area contributed by atoms with Gasteiger partial charge in [-0.25, -0.2) is 0 Å². The van der Waals surface area contributed by atoms with Gasteiger partial charge in [0.05, 0.1) is 25.4 Å². The highest BCUT2D eigenvalue weighted by Gasteiger charge is 2.15. The first-order valence-corrected chi connectivity index (χ1v) is 10.8. The molecule has 4 nitrogen and oxygen atoms in total. The molecular formula is C21H42O4. The maximum Gasteiger partial charge on any atom is 0.0809 e. The summed E-state index contributed by atoms with van der Waals surface area (Å²) in [7, 11) is 0. The molecule has 25 heavy (non-hydrogen) atoms. The van der Waals surface area contributed by atoms with Crippen molar-refractivity contribution < 1.29 is 18.9 Å². The third-order valence-electron chi connectivity index (χ3n) is 4.69. The summed E-state index contributed by atoms with van der Waals surface area (Å²) in [5, 5.41) is 0. The van der Waals surface area contributed by atoms with Crippen molar-refractivity contribution >= 4 is 0 Å². The van der Waals surface area contributed by atoms with E-state index in [1.807, 2.05) is 0 Å². The first-order chi connectivity index (χ1) is 12.4. The van der Waals surface area contributed by atoms with E-state index < -0.39 is 0 Å². The summed E-state index contributed by atoms with van der Waals surface area (Å²) >= 11 is 0. The normalized spacial score (nSPS) is 22.8. The van der Waals surface area contributed by atoms with E-state index in [1.165, 1.54) is 70.6 Å². The van der Waals surface area contributed by atoms with Crippen molar-refractivity contribution in [2.45, 2.75) is 96.7 Å². The Balaban J connectivity index is 0.000000251. The van der Waals surface area contributed by atoms with Gasteiger partial charge in [-0.1, -0.05) is 46.0 Å². The molecule has 0 aromatic carbocycles. The van der Waals surface area contributed by atoms with Crippen molar-refractivity contribution in [3.8, 4) is 0 Å². The van der Waals surface area contributed by atoms with Gasteiger partial charge in [-0.3, -0.25) is 0 Å². The van der Waals surface area contributed by atoms with Crippen LogP contribution in [0.3, 0.4) is 0 Å². The molecule has 150 valence electrons. The zero-order valence-corrected chi connectivity index (χ0v) is 16.8. The number of unbranched alkanes of at least 4 members (excludes halogenated alkanes) is 5. The van der Waals surface area contributed by atoms with Crippen LogP contribution in [0.25, 0.3) is 0 Å². The Morgan fingerprint density at radius 3 is 1.60 bits per heavy atom. The number of hydrogen-bond acceptors (Lipinski definition) is 4. The summed E-state index contributed by atoms with van der Waals surface area (Å²) < 4.78 is 21.9. The van der Waals surface area contributed by atoms with E-state index in [0.29, 0.717) is 12.2 Å². The van der Waals surface area contributed by atoms with Gasteiger partial charge in [-0.15, -0.1) is 0 Å². The molecule has 0 aromatic rings. The van der Waals surface area contributed by atoms with Crippen LogP contribution >= 0.6 is 0 Å². The first kappa shape index (κ1) is 22.9. The van der Waals surface area contributed by atoms with Crippen LogP contribution in [-0.2, 0) is 18.9 Å². The lowest BCUT2D eigenvalue weighted by molar-refractivity contribution is 0.0161. The fraction of sp³-hybridized carbons (Fsp3) is 1.00. The van der Waals surface area contributed by atoms with Crippen LogP contribution in [0.15, 0.2) is 0 Å². The third kappa shape index (κ3) is 13.7. The molecule has 0 saturated carbocycles. The summed E-state index contributed by atoms with van der Waals surface area (Å²) in [6.07, 6.45) is 14.5. The van der Waals surface area contributed by atoms with Gasteiger partial charge in [-0.05, 0) is 38.5 Å². The molecular weight excluding hydrogens is 316 g/mol. The Morgan fingerprint density at radius 1 is 0.680 bits per heavy atom. The number of rotatable bonds is 13. The lowest BCUT2D eigenvalue weighted by Crippen LogP contribution is -2.14. The van der Waals surface area contributed by atoms with E-state index >= 15 is 0 Å². The maximum atomic E-state index is 5.54. The molecule has 2 atom stereocenters. The van der Waals surface area contributed by atoms with E-state index in [4.69, 9.17) is 18.9 Å². The van der Waals surface area contributed by atoms with Gasteiger partial charge in [0, 0.05) is 26.4 Å². The van der Waals surface area contributed by atoms with Gasteiger partial charge in [0.15, 0.2) is 0 Å². The molecule has 2 heterocycles. The van der Waals surface area contributed by atoms with Crippen molar-refractivity contribution in [2.75, 3.05) is 39.6 Å². The minimum atomic E-state index is 0.395. The monoisotopic (exact) mass is 358 g/mol. The van der Waals surface area contributed by atoms with Gasteiger partial charge in [0.1, 0.15) is 0 Å². The average molecular weight is 359 g/mol. The van der Waals surface area contributed by atoms with Crippen molar-refractivity contribution in [3.63, 3.8) is 0 Å². The minimum absolute atomic E-state index is 0.395. The van der Waals surface area contributed by atoms with Gasteiger partial charge in [-0.2, -0.15) is 0 Å². The smallest absolute Gasteiger partial charge is 0.0809 e. The highest BCUT2D eigenvalue weighted by atomic mass is 16.5. The van der Waals surface area contributed by atoms with Crippen molar-refractivity contribution in [1.29, 1.82) is 0 Å². The summed E-state index contributed by atoms with van der Waals surface area (Å²) in [6, 6.07) is 0. The molecule has 4 heteroatoms. The summed E-state index contributed by atoms with van der Waals surface area (Å²) in [5.74, 6) is 0. The zero-order chi connectivity index (χ0) is 18.0. The standard InChI is InChI=1S/C11H22O2.C10H20O2/c1-2-3-4-5-8-12-10-11-7-6-9-13-11;1-2-3-4-7-11-9-10-6-5-8-12-10/h11H,2-10H2,1H3;10H,2-9H2,1H3. The highest BCUT2D eigenvalue weighted by molar-refractivity contribution is 4.63. The Labute approximate surface area is 155 Å². The minimum Gasteiger partial charge on any atom is -0.379 e. The van der Waals surface area contributed by atoms with Crippen LogP contribution in [-0.4, -0.2) is 51.8 Å². The predicted octanol–water partition coefficient (Wildman–Crippen LogP) is 5.13. The molecule has 2 unspecified atom stereocenters. The van der Waals surface area contributed by atoms with Crippen LogP contribution < -0.4 is 0 Å². The molecule has 2 aliphatic heterocycles. The molecule has 0 bridgehead atoms. The molecule has 0 radical (unpaired) electrons. The zero-order valence-electron chi connectivity index (χ0n) is 16.8. The van der Waals surface area contributed by atoms with Crippen LogP contribution in [0, 0.1) is 0 Å². The van der Waals surface area contributed by atoms with Crippen LogP contribution in [0.2, 0.25) is 0 Å². The van der Waals surface area contributed by atoms with Crippen molar-refractivity contribution in [3.05, 3.63) is 0 Å². The lowest BCUT2D eigenvalue weighted by Gasteiger charge is -2.09. The summed E-state index contributed by atoms with van der Waals surface area (Å²) in [5.41, 5.74) is 0. The van der Waals surface area contributed by atoms with Gasteiger partial charge >= 0.3 is 0 Å². The average Bonchev–Trinajstić information content (AvgIpc) is 3.32. The largest absolute Gasteiger partial charge is 0.379 e. The molecule has 2 saturated heterocycles. The highest BCUT2D eigenvalue weighted by Crippen LogP contribution is 2.12. The molecule has 2 rings (SSSR count). The molecule has 2 aliphatic rings. The number of ether oxygens (including phenoxy) is 4. The summed E-state index contributed by atoms with van der Waals surface area (Å²) in [6.45, 7) is 9.75. The van der Waals surface area contributed by atoms with E-state index in [-0.39, 0.29) is 0 Å². The second-order valence-corrected chi connectivity index (χ2v) is 7.19. The van der Waals surface area contributed by atoms with Crippen LogP contribution in [0.5, 0.6) is 0 Å². The first-order valence-electron chi connectivity index (χ1n) is 10.8. The van der Waals surface area contributed by atoms with E-state index in [2.05, 4.69) is 13.8 Å². The van der Waals surface area contributed by atoms with Gasteiger partial charge in [0.2, 0.25) is 0 Å².